The van der Waals surface area contributed by atoms with Crippen LogP contribution in [0.1, 0.15) is 11.1 Å². The monoisotopic (exact) mass is 391 g/mol. The Labute approximate surface area is 170 Å². The second-order valence-electron chi connectivity index (χ2n) is 6.94. The molecule has 3 rings (SSSR count). The van der Waals surface area contributed by atoms with Crippen molar-refractivity contribution in [2.45, 2.75) is 0 Å². The number of ether oxygens (including phenoxy) is 2. The molecule has 0 saturated heterocycles. The number of benzene rings is 3. The van der Waals surface area contributed by atoms with Crippen molar-refractivity contribution in [2.75, 3.05) is 34.4 Å². The second-order valence-corrected chi connectivity index (χ2v) is 6.94. The molecule has 3 aromatic rings. The highest BCUT2D eigenvalue weighted by Crippen LogP contribution is 2.32. The van der Waals surface area contributed by atoms with Crippen LogP contribution < -0.4 is 9.47 Å². The van der Waals surface area contributed by atoms with Crippen LogP contribution in [0.5, 0.6) is 11.5 Å². The zero-order chi connectivity index (χ0) is 20.8. The van der Waals surface area contributed by atoms with Crippen molar-refractivity contribution < 1.29 is 19.4 Å². The number of hydrogen-bond donors (Lipinski definition) is 1. The first-order chi connectivity index (χ1) is 14.0. The zero-order valence-electron chi connectivity index (χ0n) is 16.9. The van der Waals surface area contributed by atoms with Gasteiger partial charge in [-0.3, -0.25) is 0 Å². The van der Waals surface area contributed by atoms with E-state index < -0.39 is 5.97 Å². The average molecular weight is 391 g/mol. The van der Waals surface area contributed by atoms with E-state index in [1.807, 2.05) is 55.4 Å². The number of aliphatic carboxylic acids is 1. The second kappa shape index (κ2) is 9.26. The summed E-state index contributed by atoms with van der Waals surface area (Å²) in [6.07, 6.45) is 1.69. The smallest absolute Gasteiger partial charge is 0.336 e. The Morgan fingerprint density at radius 3 is 2.41 bits per heavy atom. The molecule has 29 heavy (non-hydrogen) atoms. The summed E-state index contributed by atoms with van der Waals surface area (Å²) < 4.78 is 11.2. The van der Waals surface area contributed by atoms with Gasteiger partial charge in [0.2, 0.25) is 0 Å². The van der Waals surface area contributed by atoms with Gasteiger partial charge in [-0.25, -0.2) is 4.79 Å². The molecule has 0 spiro atoms. The maximum Gasteiger partial charge on any atom is 0.336 e. The highest BCUT2D eigenvalue weighted by Gasteiger charge is 2.15. The molecule has 0 aliphatic heterocycles. The molecule has 0 aliphatic carbocycles. The molecular weight excluding hydrogens is 366 g/mol. The third kappa shape index (κ3) is 4.95. The molecule has 1 N–H and O–H groups in total. The molecule has 0 fully saturated rings. The first kappa shape index (κ1) is 20.4. The van der Waals surface area contributed by atoms with E-state index in [0.717, 1.165) is 22.9 Å². The van der Waals surface area contributed by atoms with Crippen molar-refractivity contribution in [1.82, 2.24) is 4.90 Å². The molecule has 5 nitrogen and oxygen atoms in total. The minimum absolute atomic E-state index is 0.196. The molecule has 0 bridgehead atoms. The first-order valence-electron chi connectivity index (χ1n) is 9.38. The third-order valence-electron chi connectivity index (χ3n) is 4.65. The van der Waals surface area contributed by atoms with Crippen LogP contribution in [-0.2, 0) is 4.79 Å². The lowest BCUT2D eigenvalue weighted by molar-refractivity contribution is -0.130. The minimum atomic E-state index is -0.998. The normalized spacial score (nSPS) is 11.7. The number of carboxylic acids is 1. The lowest BCUT2D eigenvalue weighted by Gasteiger charge is -2.15. The van der Waals surface area contributed by atoms with E-state index >= 15 is 0 Å². The highest BCUT2D eigenvalue weighted by atomic mass is 16.5. The Kier molecular flexibility index (Phi) is 6.52. The molecule has 3 aromatic carbocycles. The number of rotatable bonds is 8. The van der Waals surface area contributed by atoms with Gasteiger partial charge in [-0.15, -0.1) is 0 Å². The summed E-state index contributed by atoms with van der Waals surface area (Å²) in [5, 5.41) is 11.9. The molecule has 0 saturated carbocycles. The number of nitrogens with zero attached hydrogens (tertiary/aromatic N) is 1. The highest BCUT2D eigenvalue weighted by molar-refractivity contribution is 6.22. The van der Waals surface area contributed by atoms with Gasteiger partial charge in [0.15, 0.2) is 0 Å². The van der Waals surface area contributed by atoms with Gasteiger partial charge < -0.3 is 19.5 Å². The molecule has 0 aliphatic rings. The molecule has 150 valence electrons. The fourth-order valence-electron chi connectivity index (χ4n) is 3.07. The largest absolute Gasteiger partial charge is 0.497 e. The topological polar surface area (TPSA) is 59.0 Å². The summed E-state index contributed by atoms with van der Waals surface area (Å²) in [5.74, 6) is 0.344. The fourth-order valence-corrected chi connectivity index (χ4v) is 3.07. The van der Waals surface area contributed by atoms with Crippen LogP contribution in [0.25, 0.3) is 22.4 Å². The van der Waals surface area contributed by atoms with Crippen molar-refractivity contribution in [3.8, 4) is 11.5 Å². The van der Waals surface area contributed by atoms with E-state index in [9.17, 15) is 9.90 Å². The van der Waals surface area contributed by atoms with E-state index in [2.05, 4.69) is 0 Å². The van der Waals surface area contributed by atoms with Crippen LogP contribution in [0.15, 0.2) is 60.7 Å². The van der Waals surface area contributed by atoms with Crippen LogP contribution in [0.4, 0.5) is 0 Å². The van der Waals surface area contributed by atoms with Crippen molar-refractivity contribution in [1.29, 1.82) is 0 Å². The molecule has 0 atom stereocenters. The van der Waals surface area contributed by atoms with E-state index in [-0.39, 0.29) is 5.57 Å². The van der Waals surface area contributed by atoms with Gasteiger partial charge in [-0.2, -0.15) is 0 Å². The maximum atomic E-state index is 12.1. The Balaban J connectivity index is 2.11. The SMILES string of the molecule is COc1ccc(/C(=C\c2c(OCCN(C)C)ccc3ccccc23)C(=O)O)cc1. The number of hydrogen-bond acceptors (Lipinski definition) is 4. The number of carbonyl (C=O) groups is 1. The van der Waals surface area contributed by atoms with Crippen LogP contribution >= 0.6 is 0 Å². The van der Waals surface area contributed by atoms with Crippen LogP contribution in [0.2, 0.25) is 0 Å². The van der Waals surface area contributed by atoms with Crippen molar-refractivity contribution in [2.24, 2.45) is 0 Å². The van der Waals surface area contributed by atoms with Crippen LogP contribution in [-0.4, -0.2) is 50.3 Å². The van der Waals surface area contributed by atoms with Gasteiger partial charge in [0.05, 0.1) is 12.7 Å². The summed E-state index contributed by atoms with van der Waals surface area (Å²) >= 11 is 0. The van der Waals surface area contributed by atoms with Crippen molar-refractivity contribution >= 4 is 28.4 Å². The van der Waals surface area contributed by atoms with Crippen LogP contribution in [0.3, 0.4) is 0 Å². The summed E-state index contributed by atoms with van der Waals surface area (Å²) in [6, 6.07) is 18.8. The molecule has 0 heterocycles. The van der Waals surface area contributed by atoms with E-state index in [4.69, 9.17) is 9.47 Å². The summed E-state index contributed by atoms with van der Waals surface area (Å²) in [6.45, 7) is 1.28. The summed E-state index contributed by atoms with van der Waals surface area (Å²) in [5.41, 5.74) is 1.56. The van der Waals surface area contributed by atoms with Gasteiger partial charge >= 0.3 is 5.97 Å². The van der Waals surface area contributed by atoms with Crippen LogP contribution in [0, 0.1) is 0 Å². The summed E-state index contributed by atoms with van der Waals surface area (Å²) in [4.78, 5) is 14.1. The molecule has 0 amide bonds. The van der Waals surface area contributed by atoms with E-state index in [0.29, 0.717) is 23.7 Å². The Bertz CT molecular complexity index is 1020. The summed E-state index contributed by atoms with van der Waals surface area (Å²) in [7, 11) is 5.55. The first-order valence-corrected chi connectivity index (χ1v) is 9.38. The van der Waals surface area contributed by atoms with Crippen molar-refractivity contribution in [3.05, 3.63) is 71.8 Å². The van der Waals surface area contributed by atoms with E-state index in [1.165, 1.54) is 0 Å². The Morgan fingerprint density at radius 1 is 1.03 bits per heavy atom. The number of fused-ring (bicyclic) bond motifs is 1. The Hall–Kier alpha value is -3.31. The van der Waals surface area contributed by atoms with Gasteiger partial charge in [0.1, 0.15) is 18.1 Å². The predicted molar refractivity (Wildman–Crippen MR) is 116 cm³/mol. The maximum absolute atomic E-state index is 12.1. The number of methoxy groups -OCH3 is 1. The quantitative estimate of drug-likeness (QED) is 0.455. The fraction of sp³-hybridized carbons (Fsp3) is 0.208. The van der Waals surface area contributed by atoms with Crippen molar-refractivity contribution in [3.63, 3.8) is 0 Å². The predicted octanol–water partition coefficient (Wildman–Crippen LogP) is 4.41. The zero-order valence-corrected chi connectivity index (χ0v) is 16.9. The van der Waals surface area contributed by atoms with Gasteiger partial charge in [0, 0.05) is 12.1 Å². The lowest BCUT2D eigenvalue weighted by atomic mass is 9.98. The van der Waals surface area contributed by atoms with Gasteiger partial charge in [0.25, 0.3) is 0 Å². The minimum Gasteiger partial charge on any atom is -0.497 e. The molecule has 0 aromatic heterocycles. The molecule has 0 unspecified atom stereocenters. The molecule has 0 radical (unpaired) electrons. The standard InChI is InChI=1S/C24H25NO4/c1-25(2)14-15-29-23-13-10-17-6-4-5-7-20(17)22(23)16-21(24(26)27)18-8-11-19(28-3)12-9-18/h4-13,16H,14-15H2,1-3H3,(H,26,27)/b21-16+. The lowest BCUT2D eigenvalue weighted by Crippen LogP contribution is -2.19. The molecular formula is C24H25NO4. The Morgan fingerprint density at radius 2 is 1.76 bits per heavy atom. The van der Waals surface area contributed by atoms with Gasteiger partial charge in [-0.1, -0.05) is 42.5 Å². The van der Waals surface area contributed by atoms with Gasteiger partial charge in [-0.05, 0) is 54.7 Å². The average Bonchev–Trinajstić information content (AvgIpc) is 2.72. The third-order valence-corrected chi connectivity index (χ3v) is 4.65. The van der Waals surface area contributed by atoms with E-state index in [1.54, 1.807) is 37.5 Å². The number of likely N-dealkylation sites (N-methyl/N-ethyl adjacent to an activating group) is 1. The molecule has 5 heteroatoms. The number of carboxylic acid groups (broad SMARTS) is 1.